The standard InChI is InChI=1S/C19H35N2P.CO.2H2O.Re/c1-9-21(10-2)14-16-12-11-13-17(20-16)15-22(18(3,4)5)19(6,7)8;1-2;;;/h11-13H,9-10,14-15H2,1-8H3;;2*1H2;/p-2. The van der Waals surface area contributed by atoms with Crippen LogP contribution in [0, 0.1) is 6.65 Å². The Kier molecular flexibility index (Phi) is 20.0. The Labute approximate surface area is 181 Å². The molecule has 0 aliphatic rings. The Morgan fingerprint density at radius 1 is 0.926 bits per heavy atom. The fourth-order valence-corrected chi connectivity index (χ4v) is 6.49. The number of hydrogen-bond donors (Lipinski definition) is 0. The minimum atomic E-state index is -0.135. The summed E-state index contributed by atoms with van der Waals surface area (Å²) in [4.78, 5) is 7.37. The molecule has 7 heteroatoms. The first kappa shape index (κ1) is 34.4. The van der Waals surface area contributed by atoms with E-state index in [1.807, 2.05) is 0 Å². The molecule has 1 aromatic rings. The van der Waals surface area contributed by atoms with Crippen LogP contribution in [0.1, 0.15) is 66.8 Å². The van der Waals surface area contributed by atoms with Gasteiger partial charge < -0.3 is 11.0 Å². The number of hydrogen-bond acceptors (Lipinski definition) is 4. The molecule has 0 aromatic carbocycles. The van der Waals surface area contributed by atoms with E-state index in [9.17, 15) is 0 Å². The van der Waals surface area contributed by atoms with E-state index >= 15 is 0 Å². The molecule has 0 aliphatic heterocycles. The predicted molar refractivity (Wildman–Crippen MR) is 109 cm³/mol. The van der Waals surface area contributed by atoms with Gasteiger partial charge in [-0.05, 0) is 35.5 Å². The van der Waals surface area contributed by atoms with E-state index < -0.39 is 0 Å². The van der Waals surface area contributed by atoms with Crippen LogP contribution in [0.5, 0.6) is 0 Å². The van der Waals surface area contributed by atoms with Crippen LogP contribution < -0.4 is 0 Å². The normalized spacial score (nSPS) is 10.8. The summed E-state index contributed by atoms with van der Waals surface area (Å²) < 4.78 is 7.50. The molecule has 5 nitrogen and oxygen atoms in total. The van der Waals surface area contributed by atoms with Gasteiger partial charge in [-0.25, -0.2) is 0 Å². The summed E-state index contributed by atoms with van der Waals surface area (Å²) in [5.74, 6) is 0. The minimum Gasteiger partial charge on any atom is -0.870 e. The topological polar surface area (TPSA) is 96.0 Å². The molecule has 0 aliphatic carbocycles. The SMILES string of the molecule is CCN(CC)Cc1cccc(CP(C(C)(C)C)C(C)(C)C)n1.[C-]#[O+].[OH-].[OH-].[Re]. The third-order valence-corrected chi connectivity index (χ3v) is 7.96. The van der Waals surface area contributed by atoms with Crippen molar-refractivity contribution in [1.82, 2.24) is 9.88 Å². The van der Waals surface area contributed by atoms with Crippen LogP contribution in [-0.4, -0.2) is 44.2 Å². The maximum atomic E-state index is 7.50. The second-order valence-electron chi connectivity index (χ2n) is 8.01. The fourth-order valence-electron chi connectivity index (χ4n) is 3.02. The van der Waals surface area contributed by atoms with Crippen molar-refractivity contribution in [3.8, 4) is 0 Å². The first-order valence-corrected chi connectivity index (χ1v) is 10.3. The Balaban J connectivity index is -0.000000511. The summed E-state index contributed by atoms with van der Waals surface area (Å²) in [5, 5.41) is 0.703. The van der Waals surface area contributed by atoms with E-state index in [2.05, 4.69) is 85.1 Å². The molecule has 0 amide bonds. The quantitative estimate of drug-likeness (QED) is 0.270. The molecule has 0 unspecified atom stereocenters. The average molecular weight is 571 g/mol. The van der Waals surface area contributed by atoms with E-state index in [1.165, 1.54) is 11.4 Å². The summed E-state index contributed by atoms with van der Waals surface area (Å²) in [6, 6.07) is 6.55. The zero-order valence-electron chi connectivity index (χ0n) is 18.1. The first-order chi connectivity index (χ1) is 11.1. The molecule has 0 fully saturated rings. The molecule has 0 bridgehead atoms. The van der Waals surface area contributed by atoms with Crippen LogP contribution in [0.2, 0.25) is 0 Å². The zero-order valence-corrected chi connectivity index (χ0v) is 21.7. The van der Waals surface area contributed by atoms with Crippen LogP contribution in [-0.2, 0) is 37.8 Å². The van der Waals surface area contributed by atoms with Crippen molar-refractivity contribution < 1.29 is 36.0 Å². The third-order valence-electron chi connectivity index (χ3n) is 4.08. The maximum absolute atomic E-state index is 7.50. The van der Waals surface area contributed by atoms with Gasteiger partial charge in [0.05, 0.1) is 5.69 Å². The molecule has 1 aromatic heterocycles. The van der Waals surface area contributed by atoms with Crippen molar-refractivity contribution in [2.45, 2.75) is 78.4 Å². The largest absolute Gasteiger partial charge is 0.870 e. The molecule has 0 saturated carbocycles. The summed E-state index contributed by atoms with van der Waals surface area (Å²) in [5.41, 5.74) is 2.47. The van der Waals surface area contributed by atoms with Crippen LogP contribution in [0.4, 0.5) is 0 Å². The van der Waals surface area contributed by atoms with Crippen molar-refractivity contribution in [3.63, 3.8) is 0 Å². The van der Waals surface area contributed by atoms with Gasteiger partial charge in [0.25, 0.3) is 0 Å². The molecule has 1 rings (SSSR count). The Hall–Kier alpha value is -0.138. The van der Waals surface area contributed by atoms with E-state index in [-0.39, 0.29) is 39.3 Å². The Morgan fingerprint density at radius 3 is 1.70 bits per heavy atom. The summed E-state index contributed by atoms with van der Waals surface area (Å²) in [6.45, 7) is 26.3. The predicted octanol–water partition coefficient (Wildman–Crippen LogP) is 5.11. The Morgan fingerprint density at radius 2 is 1.33 bits per heavy atom. The van der Waals surface area contributed by atoms with Gasteiger partial charge in [0.1, 0.15) is 0 Å². The molecule has 1 heterocycles. The van der Waals surface area contributed by atoms with Gasteiger partial charge in [-0.3, -0.25) is 9.88 Å². The van der Waals surface area contributed by atoms with E-state index in [0.717, 1.165) is 25.8 Å². The molecule has 2 N–H and O–H groups in total. The van der Waals surface area contributed by atoms with Crippen LogP contribution >= 0.6 is 7.92 Å². The summed E-state index contributed by atoms with van der Waals surface area (Å²) >= 11 is 0. The van der Waals surface area contributed by atoms with Crippen molar-refractivity contribution >= 4 is 7.92 Å². The first-order valence-electron chi connectivity index (χ1n) is 8.73. The number of nitrogens with zero attached hydrogens (tertiary/aromatic N) is 2. The molecule has 0 saturated heterocycles. The van der Waals surface area contributed by atoms with Crippen molar-refractivity contribution in [1.29, 1.82) is 0 Å². The van der Waals surface area contributed by atoms with Crippen molar-refractivity contribution in [2.75, 3.05) is 13.1 Å². The van der Waals surface area contributed by atoms with Crippen molar-refractivity contribution in [3.05, 3.63) is 36.2 Å². The number of rotatable bonds is 6. The average Bonchev–Trinajstić information content (AvgIpc) is 2.50. The number of pyridine rings is 1. The fraction of sp³-hybridized carbons (Fsp3) is 0.700. The van der Waals surface area contributed by atoms with Gasteiger partial charge in [0.15, 0.2) is 0 Å². The maximum Gasteiger partial charge on any atom is 0 e. The van der Waals surface area contributed by atoms with E-state index in [0.29, 0.717) is 10.3 Å². The molecule has 0 atom stereocenters. The van der Waals surface area contributed by atoms with E-state index in [1.54, 1.807) is 0 Å². The van der Waals surface area contributed by atoms with Crippen LogP contribution in [0.3, 0.4) is 0 Å². The van der Waals surface area contributed by atoms with Gasteiger partial charge in [-0.2, -0.15) is 0 Å². The zero-order chi connectivity index (χ0) is 19.0. The second kappa shape index (κ2) is 15.7. The van der Waals surface area contributed by atoms with Gasteiger partial charge in [-0.15, -0.1) is 0 Å². The smallest absolute Gasteiger partial charge is 0 e. The molecular weight excluding hydrogens is 533 g/mol. The summed E-state index contributed by atoms with van der Waals surface area (Å²) in [7, 11) is -0.135. The van der Waals surface area contributed by atoms with Gasteiger partial charge in [-0.1, -0.05) is 69.4 Å². The number of aromatic nitrogens is 1. The molecule has 159 valence electrons. The van der Waals surface area contributed by atoms with Gasteiger partial charge in [0.2, 0.25) is 0 Å². The molecule has 27 heavy (non-hydrogen) atoms. The van der Waals surface area contributed by atoms with E-state index in [4.69, 9.17) is 9.64 Å². The molecule has 1 radical (unpaired) electrons. The molecular formula is C20H37N2O3PRe-2. The molecule has 0 spiro atoms. The van der Waals surface area contributed by atoms with Gasteiger partial charge >= 0.3 is 11.3 Å². The van der Waals surface area contributed by atoms with Crippen LogP contribution in [0.25, 0.3) is 0 Å². The third kappa shape index (κ3) is 12.8. The Bertz CT molecular complexity index is 496. The van der Waals surface area contributed by atoms with Gasteiger partial charge in [0, 0.05) is 38.8 Å². The monoisotopic (exact) mass is 571 g/mol. The van der Waals surface area contributed by atoms with Crippen LogP contribution in [0.15, 0.2) is 18.2 Å². The second-order valence-corrected chi connectivity index (χ2v) is 11.9. The summed E-state index contributed by atoms with van der Waals surface area (Å²) in [6.07, 6.45) is 1.12. The van der Waals surface area contributed by atoms with Crippen molar-refractivity contribution in [2.24, 2.45) is 0 Å². The minimum absolute atomic E-state index is 0.